The molecule has 1 fully saturated rings. The first-order valence-electron chi connectivity index (χ1n) is 7.40. The van der Waals surface area contributed by atoms with Crippen LogP contribution in [0.15, 0.2) is 24.3 Å². The van der Waals surface area contributed by atoms with Gasteiger partial charge in [-0.05, 0) is 37.3 Å². The van der Waals surface area contributed by atoms with Crippen LogP contribution in [-0.4, -0.2) is 36.5 Å². The van der Waals surface area contributed by atoms with Crippen LogP contribution in [0.25, 0.3) is 0 Å². The van der Waals surface area contributed by atoms with E-state index >= 15 is 0 Å². The van der Waals surface area contributed by atoms with Crippen LogP contribution in [0.2, 0.25) is 0 Å². The van der Waals surface area contributed by atoms with Crippen molar-refractivity contribution in [1.29, 1.82) is 0 Å². The Labute approximate surface area is 132 Å². The first-order valence-corrected chi connectivity index (χ1v) is 7.40. The normalized spacial score (nSPS) is 25.5. The zero-order chi connectivity index (χ0) is 14.1. The van der Waals surface area contributed by atoms with Crippen LogP contribution in [0.3, 0.4) is 0 Å². The third-order valence-electron chi connectivity index (χ3n) is 4.51. The van der Waals surface area contributed by atoms with E-state index in [9.17, 15) is 4.79 Å². The maximum atomic E-state index is 12.6. The third-order valence-corrected chi connectivity index (χ3v) is 4.51. The summed E-state index contributed by atoms with van der Waals surface area (Å²) in [7, 11) is 0. The fourth-order valence-electron chi connectivity index (χ4n) is 3.16. The van der Waals surface area contributed by atoms with Crippen LogP contribution in [0, 0.1) is 11.8 Å². The molecule has 1 amide bonds. The first kappa shape index (κ1) is 16.1. The molecular weight excluding hydrogens is 288 g/mol. The highest BCUT2D eigenvalue weighted by Gasteiger charge is 2.34. The van der Waals surface area contributed by atoms with E-state index in [0.29, 0.717) is 12.5 Å². The number of hydrogen-bond donors (Lipinski definition) is 1. The van der Waals surface area contributed by atoms with Crippen LogP contribution < -0.4 is 10.5 Å². The second-order valence-electron chi connectivity index (χ2n) is 6.01. The highest BCUT2D eigenvalue weighted by Crippen LogP contribution is 2.29. The summed E-state index contributed by atoms with van der Waals surface area (Å²) in [4.78, 5) is 14.6. The van der Waals surface area contributed by atoms with E-state index in [0.717, 1.165) is 37.2 Å². The molecule has 0 radical (unpaired) electrons. The average molecular weight is 311 g/mol. The molecule has 0 aliphatic carbocycles. The zero-order valence-electron chi connectivity index (χ0n) is 12.3. The van der Waals surface area contributed by atoms with Crippen molar-refractivity contribution < 1.29 is 9.53 Å². The maximum Gasteiger partial charge on any atom is 0.229 e. The van der Waals surface area contributed by atoms with E-state index < -0.39 is 0 Å². The topological polar surface area (TPSA) is 55.6 Å². The molecule has 4 nitrogen and oxygen atoms in total. The lowest BCUT2D eigenvalue weighted by Gasteiger charge is -2.28. The lowest BCUT2D eigenvalue weighted by Crippen LogP contribution is -2.40. The van der Waals surface area contributed by atoms with Crippen molar-refractivity contribution in [3.63, 3.8) is 0 Å². The summed E-state index contributed by atoms with van der Waals surface area (Å²) in [6.07, 6.45) is 1.81. The van der Waals surface area contributed by atoms with E-state index in [1.807, 2.05) is 36.1 Å². The number of carbonyl (C=O) groups excluding carboxylic acids is 1. The lowest BCUT2D eigenvalue weighted by atomic mass is 9.95. The molecule has 3 atom stereocenters. The number of hydrogen-bond acceptors (Lipinski definition) is 3. The van der Waals surface area contributed by atoms with Crippen molar-refractivity contribution in [1.82, 2.24) is 4.90 Å². The van der Waals surface area contributed by atoms with Gasteiger partial charge in [-0.2, -0.15) is 0 Å². The average Bonchev–Trinajstić information content (AvgIpc) is 2.96. The number of ether oxygens (including phenoxy) is 1. The molecular formula is C16H23ClN2O2. The van der Waals surface area contributed by atoms with Crippen molar-refractivity contribution in [3.05, 3.63) is 29.8 Å². The summed E-state index contributed by atoms with van der Waals surface area (Å²) in [5.74, 6) is 1.54. The maximum absolute atomic E-state index is 12.6. The summed E-state index contributed by atoms with van der Waals surface area (Å²) in [5, 5.41) is 0. The molecule has 1 saturated heterocycles. The predicted molar refractivity (Wildman–Crippen MR) is 84.7 cm³/mol. The molecule has 1 aromatic rings. The van der Waals surface area contributed by atoms with Crippen LogP contribution in [0.5, 0.6) is 5.75 Å². The largest absolute Gasteiger partial charge is 0.492 e. The van der Waals surface area contributed by atoms with Crippen molar-refractivity contribution in [2.24, 2.45) is 17.6 Å². The minimum atomic E-state index is -0.0447. The predicted octanol–water partition coefficient (Wildman–Crippen LogP) is 1.86. The minimum absolute atomic E-state index is 0. The van der Waals surface area contributed by atoms with Crippen LogP contribution >= 0.6 is 12.4 Å². The van der Waals surface area contributed by atoms with E-state index in [-0.39, 0.29) is 30.3 Å². The summed E-state index contributed by atoms with van der Waals surface area (Å²) >= 11 is 0. The number of nitrogens with zero attached hydrogens (tertiary/aromatic N) is 1. The highest BCUT2D eigenvalue weighted by atomic mass is 35.5. The highest BCUT2D eigenvalue weighted by molar-refractivity contribution is 5.85. The summed E-state index contributed by atoms with van der Waals surface area (Å²) in [6.45, 7) is 4.16. The molecule has 0 saturated carbocycles. The smallest absolute Gasteiger partial charge is 0.229 e. The van der Waals surface area contributed by atoms with Gasteiger partial charge in [-0.15, -0.1) is 12.4 Å². The van der Waals surface area contributed by atoms with Crippen LogP contribution in [0.1, 0.15) is 18.9 Å². The standard InChI is InChI=1S/C16H22N2O2.ClH/c1-11(17)13-6-7-18(9-13)16(19)14-8-12-4-2-3-5-15(12)20-10-14;/h2-5,11,13-14H,6-10,17H2,1H3;1H. The monoisotopic (exact) mass is 310 g/mol. The molecule has 2 heterocycles. The molecule has 3 rings (SSSR count). The Hall–Kier alpha value is -1.26. The molecule has 0 spiro atoms. The molecule has 116 valence electrons. The number of halogens is 1. The van der Waals surface area contributed by atoms with Gasteiger partial charge in [-0.3, -0.25) is 4.79 Å². The Bertz CT molecular complexity index is 507. The number of rotatable bonds is 2. The van der Waals surface area contributed by atoms with Crippen molar-refractivity contribution in [3.8, 4) is 5.75 Å². The number of para-hydroxylation sites is 1. The van der Waals surface area contributed by atoms with Crippen LogP contribution in [-0.2, 0) is 11.2 Å². The summed E-state index contributed by atoms with van der Waals surface area (Å²) in [5.41, 5.74) is 7.08. The van der Waals surface area contributed by atoms with Gasteiger partial charge in [0.15, 0.2) is 0 Å². The van der Waals surface area contributed by atoms with Gasteiger partial charge < -0.3 is 15.4 Å². The molecule has 1 aromatic carbocycles. The van der Waals surface area contributed by atoms with Crippen molar-refractivity contribution in [2.75, 3.05) is 19.7 Å². The summed E-state index contributed by atoms with van der Waals surface area (Å²) < 4.78 is 5.72. The quantitative estimate of drug-likeness (QED) is 0.907. The van der Waals surface area contributed by atoms with E-state index in [1.165, 1.54) is 0 Å². The second-order valence-corrected chi connectivity index (χ2v) is 6.01. The fourth-order valence-corrected chi connectivity index (χ4v) is 3.16. The van der Waals surface area contributed by atoms with E-state index in [2.05, 4.69) is 0 Å². The van der Waals surface area contributed by atoms with E-state index in [4.69, 9.17) is 10.5 Å². The molecule has 2 N–H and O–H groups in total. The SMILES string of the molecule is CC(N)C1CCN(C(=O)C2COc3ccccc3C2)C1.Cl. The number of nitrogens with two attached hydrogens (primary N) is 1. The molecule has 2 aliphatic heterocycles. The zero-order valence-corrected chi connectivity index (χ0v) is 13.1. The second kappa shape index (κ2) is 6.67. The fraction of sp³-hybridized carbons (Fsp3) is 0.562. The Kier molecular flexibility index (Phi) is 5.12. The lowest BCUT2D eigenvalue weighted by molar-refractivity contribution is -0.136. The van der Waals surface area contributed by atoms with Gasteiger partial charge in [0, 0.05) is 19.1 Å². The summed E-state index contributed by atoms with van der Waals surface area (Å²) in [6, 6.07) is 8.14. The van der Waals surface area contributed by atoms with Gasteiger partial charge in [0.2, 0.25) is 5.91 Å². The molecule has 2 aliphatic rings. The van der Waals surface area contributed by atoms with Gasteiger partial charge in [0.25, 0.3) is 0 Å². The van der Waals surface area contributed by atoms with Crippen molar-refractivity contribution >= 4 is 18.3 Å². The van der Waals surface area contributed by atoms with Gasteiger partial charge in [-0.1, -0.05) is 18.2 Å². The van der Waals surface area contributed by atoms with E-state index in [1.54, 1.807) is 0 Å². The molecule has 3 unspecified atom stereocenters. The Morgan fingerprint density at radius 3 is 2.90 bits per heavy atom. The number of amides is 1. The molecule has 0 bridgehead atoms. The van der Waals surface area contributed by atoms with Gasteiger partial charge >= 0.3 is 0 Å². The number of benzene rings is 1. The number of likely N-dealkylation sites (tertiary alicyclic amines) is 1. The molecule has 21 heavy (non-hydrogen) atoms. The van der Waals surface area contributed by atoms with Crippen molar-refractivity contribution in [2.45, 2.75) is 25.8 Å². The van der Waals surface area contributed by atoms with Gasteiger partial charge in [-0.25, -0.2) is 0 Å². The Morgan fingerprint density at radius 1 is 1.43 bits per heavy atom. The Morgan fingerprint density at radius 2 is 2.19 bits per heavy atom. The van der Waals surface area contributed by atoms with Crippen LogP contribution in [0.4, 0.5) is 0 Å². The minimum Gasteiger partial charge on any atom is -0.492 e. The number of fused-ring (bicyclic) bond motifs is 1. The molecule has 0 aromatic heterocycles. The third kappa shape index (κ3) is 3.33. The van der Waals surface area contributed by atoms with Gasteiger partial charge in [0.05, 0.1) is 5.92 Å². The first-order chi connectivity index (χ1) is 9.65. The molecule has 5 heteroatoms. The number of carbonyl (C=O) groups is 1. The van der Waals surface area contributed by atoms with Gasteiger partial charge in [0.1, 0.15) is 12.4 Å². The Balaban J connectivity index is 0.00000161.